The second-order valence-electron chi connectivity index (χ2n) is 10.9. The van der Waals surface area contributed by atoms with Crippen LogP contribution in [0.4, 0.5) is 0 Å². The predicted octanol–water partition coefficient (Wildman–Crippen LogP) is 7.72. The molecule has 0 fully saturated rings. The molecule has 1 unspecified atom stereocenters. The maximum absolute atomic E-state index is 12.5. The summed E-state index contributed by atoms with van der Waals surface area (Å²) in [4.78, 5) is 36.1. The first-order valence-electron chi connectivity index (χ1n) is 15.3. The first-order chi connectivity index (χ1) is 18.3. The van der Waals surface area contributed by atoms with E-state index in [4.69, 9.17) is 18.9 Å². The lowest BCUT2D eigenvalue weighted by atomic mass is 9.93. The van der Waals surface area contributed by atoms with E-state index >= 15 is 0 Å². The van der Waals surface area contributed by atoms with Gasteiger partial charge in [0.1, 0.15) is 18.1 Å². The Morgan fingerprint density at radius 1 is 0.684 bits per heavy atom. The summed E-state index contributed by atoms with van der Waals surface area (Å²) in [5.41, 5.74) is -1.04. The Bertz CT molecular complexity index is 591. The van der Waals surface area contributed by atoms with E-state index in [9.17, 15) is 14.4 Å². The molecule has 7 nitrogen and oxygen atoms in total. The number of hydrogen-bond acceptors (Lipinski definition) is 7. The molecule has 1 atom stereocenters. The lowest BCUT2D eigenvalue weighted by Crippen LogP contribution is -2.39. The molecular weight excluding hydrogens is 484 g/mol. The highest BCUT2D eigenvalue weighted by atomic mass is 16.6. The minimum absolute atomic E-state index is 0.0384. The molecule has 0 spiro atoms. The monoisotopic (exact) mass is 542 g/mol. The van der Waals surface area contributed by atoms with Crippen LogP contribution in [0.25, 0.3) is 0 Å². The van der Waals surface area contributed by atoms with Gasteiger partial charge in [-0.05, 0) is 51.9 Å². The fraction of sp³-hybridized carbons (Fsp3) is 0.903. The van der Waals surface area contributed by atoms with Crippen LogP contribution in [0.3, 0.4) is 0 Å². The molecule has 0 saturated heterocycles. The summed E-state index contributed by atoms with van der Waals surface area (Å²) >= 11 is 0. The van der Waals surface area contributed by atoms with Gasteiger partial charge in [0.2, 0.25) is 0 Å². The van der Waals surface area contributed by atoms with Gasteiger partial charge in [-0.2, -0.15) is 0 Å². The molecule has 0 aliphatic heterocycles. The van der Waals surface area contributed by atoms with Crippen molar-refractivity contribution in [2.24, 2.45) is 5.41 Å². The number of unbranched alkanes of at least 4 members (excludes halogenated alkanes) is 12. The van der Waals surface area contributed by atoms with Crippen LogP contribution in [0.5, 0.6) is 0 Å². The quantitative estimate of drug-likeness (QED) is 0.0628. The number of carbonyl (C=O) groups is 3. The van der Waals surface area contributed by atoms with E-state index in [1.807, 2.05) is 0 Å². The third-order valence-corrected chi connectivity index (χ3v) is 6.87. The van der Waals surface area contributed by atoms with E-state index in [-0.39, 0.29) is 31.9 Å². The fourth-order valence-electron chi connectivity index (χ4n) is 4.44. The molecule has 0 aliphatic rings. The summed E-state index contributed by atoms with van der Waals surface area (Å²) in [5.74, 6) is -1.02. The van der Waals surface area contributed by atoms with Crippen molar-refractivity contribution < 1.29 is 33.3 Å². The Morgan fingerprint density at radius 3 is 1.74 bits per heavy atom. The number of hydrogen-bond donors (Lipinski definition) is 0. The average Bonchev–Trinajstić information content (AvgIpc) is 2.88. The fourth-order valence-corrected chi connectivity index (χ4v) is 4.44. The second kappa shape index (κ2) is 24.4. The number of esters is 3. The summed E-state index contributed by atoms with van der Waals surface area (Å²) in [7, 11) is 1.49. The minimum atomic E-state index is -1.04. The predicted molar refractivity (Wildman–Crippen MR) is 152 cm³/mol. The zero-order valence-electron chi connectivity index (χ0n) is 25.3. The van der Waals surface area contributed by atoms with Gasteiger partial charge in [-0.15, -0.1) is 0 Å². The van der Waals surface area contributed by atoms with Crippen molar-refractivity contribution >= 4 is 17.9 Å². The van der Waals surface area contributed by atoms with Gasteiger partial charge < -0.3 is 18.9 Å². The minimum Gasteiger partial charge on any atom is -0.465 e. The summed E-state index contributed by atoms with van der Waals surface area (Å²) in [6, 6.07) is 0. The summed E-state index contributed by atoms with van der Waals surface area (Å²) in [6.07, 6.45) is 19.4. The molecule has 0 N–H and O–H groups in total. The summed E-state index contributed by atoms with van der Waals surface area (Å²) < 4.78 is 21.4. The van der Waals surface area contributed by atoms with E-state index < -0.39 is 17.4 Å². The molecule has 0 heterocycles. The lowest BCUT2D eigenvalue weighted by Gasteiger charge is -2.25. The van der Waals surface area contributed by atoms with Crippen molar-refractivity contribution in [2.75, 3.05) is 26.9 Å². The lowest BCUT2D eigenvalue weighted by molar-refractivity contribution is -0.166. The zero-order valence-corrected chi connectivity index (χ0v) is 25.3. The molecule has 224 valence electrons. The molecule has 0 amide bonds. The normalized spacial score (nSPS) is 12.8. The Labute approximate surface area is 233 Å². The Hall–Kier alpha value is -1.63. The smallest absolute Gasteiger partial charge is 0.317 e. The van der Waals surface area contributed by atoms with Crippen LogP contribution in [-0.2, 0) is 33.3 Å². The van der Waals surface area contributed by atoms with E-state index in [1.165, 1.54) is 78.2 Å². The maximum atomic E-state index is 12.5. The van der Waals surface area contributed by atoms with E-state index in [0.29, 0.717) is 19.3 Å². The van der Waals surface area contributed by atoms with Gasteiger partial charge in [0.05, 0.1) is 13.2 Å². The molecule has 0 aromatic heterocycles. The van der Waals surface area contributed by atoms with Gasteiger partial charge in [0.25, 0.3) is 0 Å². The number of carbonyl (C=O) groups excluding carboxylic acids is 3. The highest BCUT2D eigenvalue weighted by molar-refractivity contribution is 5.77. The van der Waals surface area contributed by atoms with E-state index in [0.717, 1.165) is 32.1 Å². The third kappa shape index (κ3) is 20.3. The van der Waals surface area contributed by atoms with Crippen LogP contribution in [0, 0.1) is 5.41 Å². The Kier molecular flexibility index (Phi) is 23.4. The molecule has 0 rings (SSSR count). The van der Waals surface area contributed by atoms with Crippen molar-refractivity contribution in [1.82, 2.24) is 0 Å². The topological polar surface area (TPSA) is 88.1 Å². The van der Waals surface area contributed by atoms with Crippen LogP contribution in [0.1, 0.15) is 143 Å². The summed E-state index contributed by atoms with van der Waals surface area (Å²) in [5, 5.41) is 0. The molecular formula is C31H58O7. The van der Waals surface area contributed by atoms with Crippen LogP contribution >= 0.6 is 0 Å². The van der Waals surface area contributed by atoms with Crippen LogP contribution < -0.4 is 0 Å². The van der Waals surface area contributed by atoms with Crippen molar-refractivity contribution in [3.63, 3.8) is 0 Å². The SMILES string of the molecule is CCCCCCCCC(CCCCCCCC)OC(=O)CCCCCOC(=O)C(C)(COC)COC(C)=O. The number of ether oxygens (including phenoxy) is 4. The van der Waals surface area contributed by atoms with Crippen molar-refractivity contribution in [3.05, 3.63) is 0 Å². The third-order valence-electron chi connectivity index (χ3n) is 6.87. The Morgan fingerprint density at radius 2 is 1.21 bits per heavy atom. The molecule has 0 aliphatic carbocycles. The molecule has 0 aromatic carbocycles. The maximum Gasteiger partial charge on any atom is 0.317 e. The van der Waals surface area contributed by atoms with Crippen LogP contribution in [0.2, 0.25) is 0 Å². The van der Waals surface area contributed by atoms with Gasteiger partial charge >= 0.3 is 17.9 Å². The van der Waals surface area contributed by atoms with Crippen molar-refractivity contribution in [2.45, 2.75) is 149 Å². The summed E-state index contributed by atoms with van der Waals surface area (Å²) in [6.45, 7) is 7.69. The van der Waals surface area contributed by atoms with Gasteiger partial charge in [-0.25, -0.2) is 0 Å². The number of methoxy groups -OCH3 is 1. The van der Waals surface area contributed by atoms with Crippen molar-refractivity contribution in [1.29, 1.82) is 0 Å². The largest absolute Gasteiger partial charge is 0.465 e. The second-order valence-corrected chi connectivity index (χ2v) is 10.9. The zero-order chi connectivity index (χ0) is 28.5. The van der Waals surface area contributed by atoms with Gasteiger partial charge in [0, 0.05) is 20.5 Å². The first-order valence-corrected chi connectivity index (χ1v) is 15.3. The van der Waals surface area contributed by atoms with Gasteiger partial charge in [0.15, 0.2) is 0 Å². The molecule has 0 saturated carbocycles. The molecule has 38 heavy (non-hydrogen) atoms. The van der Waals surface area contributed by atoms with E-state index in [1.54, 1.807) is 6.92 Å². The molecule has 0 radical (unpaired) electrons. The van der Waals surface area contributed by atoms with Gasteiger partial charge in [-0.3, -0.25) is 14.4 Å². The number of rotatable bonds is 26. The molecule has 0 bridgehead atoms. The average molecular weight is 543 g/mol. The van der Waals surface area contributed by atoms with Crippen LogP contribution in [-0.4, -0.2) is 50.9 Å². The first kappa shape index (κ1) is 36.4. The van der Waals surface area contributed by atoms with Crippen LogP contribution in [0.15, 0.2) is 0 Å². The molecule has 0 aromatic rings. The highest BCUT2D eigenvalue weighted by Crippen LogP contribution is 2.21. The van der Waals surface area contributed by atoms with E-state index in [2.05, 4.69) is 13.8 Å². The highest BCUT2D eigenvalue weighted by Gasteiger charge is 2.36. The Balaban J connectivity index is 4.30. The van der Waals surface area contributed by atoms with Gasteiger partial charge in [-0.1, -0.05) is 78.1 Å². The standard InChI is InChI=1S/C31H58O7/c1-6-8-10-12-14-17-21-28(22-18-15-13-11-9-7-2)38-29(33)23-19-16-20-24-36-30(34)31(4,25-35-5)26-37-27(3)32/h28H,6-26H2,1-5H3. The van der Waals surface area contributed by atoms with Crippen molar-refractivity contribution in [3.8, 4) is 0 Å². The molecule has 7 heteroatoms.